The third-order valence-electron chi connectivity index (χ3n) is 3.99. The van der Waals surface area contributed by atoms with Crippen LogP contribution in [0.25, 0.3) is 10.9 Å². The molecule has 8 heteroatoms. The predicted octanol–water partition coefficient (Wildman–Crippen LogP) is 1.39. The monoisotopic (exact) mass is 361 g/mol. The van der Waals surface area contributed by atoms with Crippen LogP contribution in [-0.4, -0.2) is 21.5 Å². The maximum atomic E-state index is 12.8. The lowest BCUT2D eigenvalue weighted by atomic mass is 10.2. The average Bonchev–Trinajstić information content (AvgIpc) is 3.03. The van der Waals surface area contributed by atoms with Crippen molar-refractivity contribution in [3.05, 3.63) is 63.6 Å². The topological polar surface area (TPSA) is 83.1 Å². The molecular weight excluding hydrogens is 342 g/mol. The molecule has 7 nitrogen and oxygen atoms in total. The SMILES string of the molecule is CC(C)Cn1c(=O)n(C)c(=O)c2cn(S(=O)(=O)c3ccccc3)cc21. The van der Waals surface area contributed by atoms with Gasteiger partial charge in [-0.2, -0.15) is 0 Å². The van der Waals surface area contributed by atoms with Gasteiger partial charge in [-0.1, -0.05) is 32.0 Å². The van der Waals surface area contributed by atoms with Crippen LogP contribution in [0.4, 0.5) is 0 Å². The number of hydrogen-bond acceptors (Lipinski definition) is 4. The first-order valence-electron chi connectivity index (χ1n) is 7.85. The van der Waals surface area contributed by atoms with Crippen LogP contribution in [0.15, 0.2) is 57.2 Å². The van der Waals surface area contributed by atoms with Crippen molar-refractivity contribution in [2.24, 2.45) is 13.0 Å². The zero-order valence-corrected chi connectivity index (χ0v) is 15.0. The molecule has 0 aliphatic carbocycles. The molecular formula is C17H19N3O4S. The van der Waals surface area contributed by atoms with Gasteiger partial charge in [0.05, 0.1) is 15.8 Å². The Balaban J connectivity index is 2.33. The van der Waals surface area contributed by atoms with Crippen LogP contribution in [0.5, 0.6) is 0 Å². The Bertz CT molecular complexity index is 1150. The third kappa shape index (κ3) is 2.82. The molecule has 0 saturated carbocycles. The Labute approximate surface area is 144 Å². The normalized spacial score (nSPS) is 12.2. The van der Waals surface area contributed by atoms with E-state index < -0.39 is 21.3 Å². The molecule has 25 heavy (non-hydrogen) atoms. The molecule has 0 atom stereocenters. The van der Waals surface area contributed by atoms with Crippen LogP contribution >= 0.6 is 0 Å². The fraction of sp³-hybridized carbons (Fsp3) is 0.294. The highest BCUT2D eigenvalue weighted by molar-refractivity contribution is 7.90. The van der Waals surface area contributed by atoms with Crippen molar-refractivity contribution in [3.8, 4) is 0 Å². The summed E-state index contributed by atoms with van der Waals surface area (Å²) in [6, 6.07) is 7.95. The van der Waals surface area contributed by atoms with Gasteiger partial charge in [-0.3, -0.25) is 13.9 Å². The molecule has 0 aliphatic heterocycles. The van der Waals surface area contributed by atoms with E-state index in [1.165, 1.54) is 36.1 Å². The lowest BCUT2D eigenvalue weighted by Crippen LogP contribution is -2.38. The summed E-state index contributed by atoms with van der Waals surface area (Å²) in [5.41, 5.74) is -0.649. The highest BCUT2D eigenvalue weighted by Crippen LogP contribution is 2.18. The Morgan fingerprint density at radius 2 is 1.68 bits per heavy atom. The summed E-state index contributed by atoms with van der Waals surface area (Å²) in [7, 11) is -2.44. The van der Waals surface area contributed by atoms with Crippen molar-refractivity contribution in [1.82, 2.24) is 13.1 Å². The van der Waals surface area contributed by atoms with Gasteiger partial charge in [-0.25, -0.2) is 17.2 Å². The lowest BCUT2D eigenvalue weighted by Gasteiger charge is -2.11. The molecule has 1 aromatic carbocycles. The first-order valence-corrected chi connectivity index (χ1v) is 9.29. The molecule has 0 saturated heterocycles. The smallest absolute Gasteiger partial charge is 0.291 e. The molecule has 3 rings (SSSR count). The maximum absolute atomic E-state index is 12.8. The molecule has 0 aliphatic rings. The van der Waals surface area contributed by atoms with Crippen LogP contribution in [-0.2, 0) is 23.6 Å². The summed E-state index contributed by atoms with van der Waals surface area (Å²) >= 11 is 0. The molecule has 0 amide bonds. The van der Waals surface area contributed by atoms with Gasteiger partial charge in [0.1, 0.15) is 0 Å². The van der Waals surface area contributed by atoms with Crippen molar-refractivity contribution in [2.75, 3.05) is 0 Å². The van der Waals surface area contributed by atoms with E-state index >= 15 is 0 Å². The van der Waals surface area contributed by atoms with Gasteiger partial charge in [-0.15, -0.1) is 0 Å². The van der Waals surface area contributed by atoms with E-state index in [0.29, 0.717) is 12.1 Å². The number of aromatic nitrogens is 3. The first kappa shape index (κ1) is 17.2. The van der Waals surface area contributed by atoms with Gasteiger partial charge in [0, 0.05) is 26.0 Å². The lowest BCUT2D eigenvalue weighted by molar-refractivity contribution is 0.502. The highest BCUT2D eigenvalue weighted by atomic mass is 32.2. The molecule has 0 unspecified atom stereocenters. The van der Waals surface area contributed by atoms with Crippen LogP contribution < -0.4 is 11.2 Å². The van der Waals surface area contributed by atoms with Crippen molar-refractivity contribution in [1.29, 1.82) is 0 Å². The number of benzene rings is 1. The summed E-state index contributed by atoms with van der Waals surface area (Å²) in [5, 5.41) is 0.197. The third-order valence-corrected chi connectivity index (χ3v) is 5.63. The van der Waals surface area contributed by atoms with Gasteiger partial charge in [-0.05, 0) is 18.1 Å². The molecule has 0 spiro atoms. The minimum absolute atomic E-state index is 0.116. The Morgan fingerprint density at radius 1 is 1.04 bits per heavy atom. The van der Waals surface area contributed by atoms with Crippen LogP contribution in [0.3, 0.4) is 0 Å². The summed E-state index contributed by atoms with van der Waals surface area (Å²) in [6.07, 6.45) is 2.61. The molecule has 0 N–H and O–H groups in total. The number of fused-ring (bicyclic) bond motifs is 1. The van der Waals surface area contributed by atoms with Crippen molar-refractivity contribution in [2.45, 2.75) is 25.3 Å². The summed E-state index contributed by atoms with van der Waals surface area (Å²) in [4.78, 5) is 25.0. The molecule has 3 aromatic rings. The second kappa shape index (κ2) is 6.03. The Kier molecular flexibility index (Phi) is 4.16. The summed E-state index contributed by atoms with van der Waals surface area (Å²) in [5.74, 6) is 0.160. The standard InChI is InChI=1S/C17H19N3O4S/c1-12(2)9-20-15-11-19(10-14(15)16(21)18(3)17(20)22)25(23,24)13-7-5-4-6-8-13/h4-8,10-12H,9H2,1-3H3. The minimum atomic E-state index is -3.84. The van der Waals surface area contributed by atoms with E-state index in [1.807, 2.05) is 13.8 Å². The first-order chi connectivity index (χ1) is 11.7. The van der Waals surface area contributed by atoms with E-state index in [9.17, 15) is 18.0 Å². The molecule has 132 valence electrons. The zero-order chi connectivity index (χ0) is 18.4. The fourth-order valence-electron chi connectivity index (χ4n) is 2.75. The second-order valence-corrected chi connectivity index (χ2v) is 8.20. The van der Waals surface area contributed by atoms with E-state index in [1.54, 1.807) is 18.2 Å². The Hall–Kier alpha value is -2.61. The van der Waals surface area contributed by atoms with E-state index in [0.717, 1.165) is 8.54 Å². The average molecular weight is 361 g/mol. The van der Waals surface area contributed by atoms with Gasteiger partial charge in [0.15, 0.2) is 0 Å². The zero-order valence-electron chi connectivity index (χ0n) is 14.2. The van der Waals surface area contributed by atoms with Crippen LogP contribution in [0.1, 0.15) is 13.8 Å². The van der Waals surface area contributed by atoms with E-state index in [4.69, 9.17) is 0 Å². The Morgan fingerprint density at radius 3 is 2.28 bits per heavy atom. The maximum Gasteiger partial charge on any atom is 0.331 e. The fourth-order valence-corrected chi connectivity index (χ4v) is 3.97. The summed E-state index contributed by atoms with van der Waals surface area (Å²) in [6.45, 7) is 4.28. The summed E-state index contributed by atoms with van der Waals surface area (Å²) < 4.78 is 29.0. The molecule has 0 radical (unpaired) electrons. The van der Waals surface area contributed by atoms with Gasteiger partial charge in [0.2, 0.25) is 0 Å². The molecule has 2 aromatic heterocycles. The van der Waals surface area contributed by atoms with Crippen LogP contribution in [0.2, 0.25) is 0 Å². The minimum Gasteiger partial charge on any atom is -0.291 e. The van der Waals surface area contributed by atoms with Gasteiger partial charge >= 0.3 is 5.69 Å². The van der Waals surface area contributed by atoms with Crippen molar-refractivity contribution >= 4 is 20.9 Å². The van der Waals surface area contributed by atoms with E-state index in [2.05, 4.69) is 0 Å². The molecule has 2 heterocycles. The van der Waals surface area contributed by atoms with Crippen LogP contribution in [0, 0.1) is 5.92 Å². The second-order valence-electron chi connectivity index (χ2n) is 6.36. The number of hydrogen-bond donors (Lipinski definition) is 0. The molecule has 0 bridgehead atoms. The molecule has 0 fully saturated rings. The van der Waals surface area contributed by atoms with Gasteiger partial charge in [0.25, 0.3) is 15.6 Å². The number of rotatable bonds is 4. The quantitative estimate of drug-likeness (QED) is 0.703. The van der Waals surface area contributed by atoms with Gasteiger partial charge < -0.3 is 0 Å². The van der Waals surface area contributed by atoms with E-state index in [-0.39, 0.29) is 16.2 Å². The highest BCUT2D eigenvalue weighted by Gasteiger charge is 2.20. The van der Waals surface area contributed by atoms with Crippen molar-refractivity contribution < 1.29 is 8.42 Å². The number of nitrogens with zero attached hydrogens (tertiary/aromatic N) is 3. The van der Waals surface area contributed by atoms with Crippen molar-refractivity contribution in [3.63, 3.8) is 0 Å². The predicted molar refractivity (Wildman–Crippen MR) is 95.3 cm³/mol. The largest absolute Gasteiger partial charge is 0.331 e.